The maximum Gasteiger partial charge on any atom is 0.573 e. The van der Waals surface area contributed by atoms with Crippen molar-refractivity contribution in [2.75, 3.05) is 5.73 Å². The minimum absolute atomic E-state index is 0.197. The number of anilines is 1. The lowest BCUT2D eigenvalue weighted by molar-refractivity contribution is -0.274. The Labute approximate surface area is 118 Å². The number of hydrogen-bond acceptors (Lipinski definition) is 4. The van der Waals surface area contributed by atoms with Crippen LogP contribution in [0.2, 0.25) is 0 Å². The monoisotopic (exact) mass is 298 g/mol. The van der Waals surface area contributed by atoms with Crippen LogP contribution in [0.1, 0.15) is 16.8 Å². The maximum atomic E-state index is 12.2. The van der Waals surface area contributed by atoms with Crippen LogP contribution >= 0.6 is 0 Å². The molecule has 0 unspecified atom stereocenters. The minimum atomic E-state index is -4.73. The fourth-order valence-corrected chi connectivity index (χ4v) is 1.77. The van der Waals surface area contributed by atoms with Gasteiger partial charge in [-0.2, -0.15) is 5.10 Å². The Bertz CT molecular complexity index is 677. The second-order valence-electron chi connectivity index (χ2n) is 4.46. The molecule has 21 heavy (non-hydrogen) atoms. The first kappa shape index (κ1) is 14.9. The van der Waals surface area contributed by atoms with Crippen LogP contribution in [0.25, 0.3) is 0 Å². The molecule has 0 bridgehead atoms. The Kier molecular flexibility index (Phi) is 3.88. The van der Waals surface area contributed by atoms with Crippen molar-refractivity contribution in [3.05, 3.63) is 41.2 Å². The molecule has 5 nitrogen and oxygen atoms in total. The zero-order chi connectivity index (χ0) is 15.6. The van der Waals surface area contributed by atoms with Crippen molar-refractivity contribution in [3.63, 3.8) is 0 Å². The number of alkyl halides is 3. The van der Waals surface area contributed by atoms with Gasteiger partial charge in [-0.05, 0) is 37.1 Å². The Morgan fingerprint density at radius 3 is 2.57 bits per heavy atom. The number of nitrogens with zero attached hydrogens (tertiary/aromatic N) is 3. The highest BCUT2D eigenvalue weighted by molar-refractivity contribution is 5.80. The first-order valence-electron chi connectivity index (χ1n) is 5.96. The second-order valence-corrected chi connectivity index (χ2v) is 4.46. The predicted octanol–water partition coefficient (Wildman–Crippen LogP) is 2.86. The summed E-state index contributed by atoms with van der Waals surface area (Å²) in [5.74, 6) is -0.0955. The van der Waals surface area contributed by atoms with Gasteiger partial charge in [-0.15, -0.1) is 13.2 Å². The van der Waals surface area contributed by atoms with Crippen molar-refractivity contribution in [1.29, 1.82) is 0 Å². The van der Waals surface area contributed by atoms with E-state index in [0.29, 0.717) is 16.8 Å². The van der Waals surface area contributed by atoms with E-state index in [1.165, 1.54) is 23.0 Å². The number of aromatic nitrogens is 2. The average Bonchev–Trinajstić information content (AvgIpc) is 2.62. The molecular formula is C13H13F3N4O. The summed E-state index contributed by atoms with van der Waals surface area (Å²) in [6, 6.07) is 4.21. The van der Waals surface area contributed by atoms with E-state index in [2.05, 4.69) is 14.8 Å². The Morgan fingerprint density at radius 1 is 1.29 bits per heavy atom. The number of rotatable bonds is 3. The molecule has 8 heteroatoms. The molecule has 0 aliphatic heterocycles. The highest BCUT2D eigenvalue weighted by Gasteiger charge is 2.31. The molecule has 0 saturated heterocycles. The van der Waals surface area contributed by atoms with E-state index in [-0.39, 0.29) is 11.7 Å². The van der Waals surface area contributed by atoms with Gasteiger partial charge in [0.2, 0.25) is 5.95 Å². The number of nitrogens with two attached hydrogens (primary N) is 1. The zero-order valence-electron chi connectivity index (χ0n) is 11.3. The molecule has 2 aromatic rings. The lowest BCUT2D eigenvalue weighted by Gasteiger charge is -2.10. The summed E-state index contributed by atoms with van der Waals surface area (Å²) in [6.45, 7) is 3.42. The van der Waals surface area contributed by atoms with Gasteiger partial charge in [0.25, 0.3) is 0 Å². The third-order valence-corrected chi connectivity index (χ3v) is 2.47. The van der Waals surface area contributed by atoms with Gasteiger partial charge >= 0.3 is 6.36 Å². The van der Waals surface area contributed by atoms with Crippen LogP contribution in [0.4, 0.5) is 19.1 Å². The molecule has 0 spiro atoms. The molecule has 2 N–H and O–H groups in total. The molecule has 0 amide bonds. The van der Waals surface area contributed by atoms with Gasteiger partial charge < -0.3 is 10.5 Å². The highest BCUT2D eigenvalue weighted by Crippen LogP contribution is 2.24. The molecule has 0 atom stereocenters. The smallest absolute Gasteiger partial charge is 0.406 e. The van der Waals surface area contributed by atoms with Crippen LogP contribution in [0.5, 0.6) is 5.75 Å². The van der Waals surface area contributed by atoms with Gasteiger partial charge in [0.15, 0.2) is 0 Å². The second kappa shape index (κ2) is 5.47. The van der Waals surface area contributed by atoms with E-state index in [1.807, 2.05) is 0 Å². The maximum absolute atomic E-state index is 12.2. The molecule has 0 aliphatic carbocycles. The summed E-state index contributed by atoms with van der Waals surface area (Å²) < 4.78 is 41.9. The van der Waals surface area contributed by atoms with Crippen LogP contribution < -0.4 is 10.5 Å². The number of hydrogen-bond donors (Lipinski definition) is 1. The van der Waals surface area contributed by atoms with Crippen LogP contribution in [0, 0.1) is 13.8 Å². The molecule has 2 rings (SSSR count). The van der Waals surface area contributed by atoms with Gasteiger partial charge in [0.1, 0.15) is 5.75 Å². The van der Waals surface area contributed by atoms with E-state index in [1.54, 1.807) is 26.1 Å². The Morgan fingerprint density at radius 2 is 2.00 bits per heavy atom. The summed E-state index contributed by atoms with van der Waals surface area (Å²) in [5, 5.41) is 4.04. The number of nitrogen functional groups attached to an aromatic ring is 1. The minimum Gasteiger partial charge on any atom is -0.406 e. The Hall–Kier alpha value is -2.51. The van der Waals surface area contributed by atoms with Crippen LogP contribution in [-0.2, 0) is 0 Å². The molecule has 0 saturated carbocycles. The molecule has 1 heterocycles. The van der Waals surface area contributed by atoms with Gasteiger partial charge in [-0.25, -0.2) is 9.66 Å². The van der Waals surface area contributed by atoms with Crippen molar-refractivity contribution < 1.29 is 17.9 Å². The third-order valence-electron chi connectivity index (χ3n) is 2.47. The van der Waals surface area contributed by atoms with Crippen LogP contribution in [-0.4, -0.2) is 22.2 Å². The van der Waals surface area contributed by atoms with Gasteiger partial charge in [0, 0.05) is 0 Å². The third kappa shape index (κ3) is 4.23. The summed E-state index contributed by atoms with van der Waals surface area (Å²) in [7, 11) is 0. The zero-order valence-corrected chi connectivity index (χ0v) is 11.3. The number of imidazole rings is 1. The van der Waals surface area contributed by atoms with Crippen molar-refractivity contribution in [2.45, 2.75) is 20.2 Å². The van der Waals surface area contributed by atoms with Crippen LogP contribution in [0.3, 0.4) is 0 Å². The van der Waals surface area contributed by atoms with Crippen molar-refractivity contribution in [2.24, 2.45) is 5.10 Å². The quantitative estimate of drug-likeness (QED) is 0.886. The SMILES string of the molecule is Cc1cc(C=Nn2cc(C)nc2N)cc(OC(F)(F)F)c1. The summed E-state index contributed by atoms with van der Waals surface area (Å²) in [4.78, 5) is 3.96. The highest BCUT2D eigenvalue weighted by atomic mass is 19.4. The van der Waals surface area contributed by atoms with Gasteiger partial charge in [-0.1, -0.05) is 6.07 Å². The van der Waals surface area contributed by atoms with Gasteiger partial charge in [0.05, 0.1) is 18.1 Å². The van der Waals surface area contributed by atoms with E-state index < -0.39 is 6.36 Å². The fraction of sp³-hybridized carbons (Fsp3) is 0.231. The van der Waals surface area contributed by atoms with E-state index in [0.717, 1.165) is 0 Å². The fourth-order valence-electron chi connectivity index (χ4n) is 1.77. The summed E-state index contributed by atoms with van der Waals surface area (Å²) in [5.41, 5.74) is 7.38. The summed E-state index contributed by atoms with van der Waals surface area (Å²) >= 11 is 0. The average molecular weight is 298 g/mol. The number of ether oxygens (including phenoxy) is 1. The lowest BCUT2D eigenvalue weighted by atomic mass is 10.1. The molecule has 0 aliphatic rings. The Balaban J connectivity index is 2.26. The van der Waals surface area contributed by atoms with Gasteiger partial charge in [-0.3, -0.25) is 0 Å². The van der Waals surface area contributed by atoms with E-state index in [4.69, 9.17) is 5.73 Å². The molecule has 1 aromatic heterocycles. The van der Waals surface area contributed by atoms with E-state index in [9.17, 15) is 13.2 Å². The molecule has 0 fully saturated rings. The van der Waals surface area contributed by atoms with Crippen molar-refractivity contribution in [3.8, 4) is 5.75 Å². The van der Waals surface area contributed by atoms with Crippen LogP contribution in [0.15, 0.2) is 29.5 Å². The first-order valence-corrected chi connectivity index (χ1v) is 5.96. The number of benzene rings is 1. The van der Waals surface area contributed by atoms with Crippen molar-refractivity contribution in [1.82, 2.24) is 9.66 Å². The lowest BCUT2D eigenvalue weighted by Crippen LogP contribution is -2.17. The van der Waals surface area contributed by atoms with Crippen molar-refractivity contribution >= 4 is 12.2 Å². The van der Waals surface area contributed by atoms with E-state index >= 15 is 0 Å². The standard InChI is InChI=1S/C13H13F3N4O/c1-8-3-10(5-11(4-8)21-13(14,15)16)6-18-20-7-9(2)19-12(20)17/h3-7H,1-2H3,(H2,17,19). The number of halogens is 3. The normalized spacial score (nSPS) is 12.0. The summed E-state index contributed by atoms with van der Waals surface area (Å²) in [6.07, 6.45) is -1.74. The topological polar surface area (TPSA) is 65.4 Å². The molecule has 0 radical (unpaired) electrons. The molecule has 1 aromatic carbocycles. The molecular weight excluding hydrogens is 285 g/mol. The predicted molar refractivity (Wildman–Crippen MR) is 72.2 cm³/mol. The largest absolute Gasteiger partial charge is 0.573 e. The number of aryl methyl sites for hydroxylation is 2. The first-order chi connectivity index (χ1) is 9.73. The molecule has 112 valence electrons.